The fraction of sp³-hybridized carbons (Fsp3) is 0.526. The molecule has 1 aromatic rings. The predicted octanol–water partition coefficient (Wildman–Crippen LogP) is 5.03. The molecule has 0 heterocycles. The maximum absolute atomic E-state index is 11.3. The fourth-order valence-corrected chi connectivity index (χ4v) is 2.54. The minimum atomic E-state index is -0.688. The van der Waals surface area contributed by atoms with Crippen LogP contribution in [0, 0.1) is 12.8 Å². The summed E-state index contributed by atoms with van der Waals surface area (Å²) in [5.41, 5.74) is 6.16. The van der Waals surface area contributed by atoms with E-state index in [9.17, 15) is 4.79 Å². The van der Waals surface area contributed by atoms with Crippen molar-refractivity contribution in [2.24, 2.45) is 16.0 Å². The van der Waals surface area contributed by atoms with Crippen molar-refractivity contribution in [2.45, 2.75) is 47.5 Å². The van der Waals surface area contributed by atoms with E-state index in [4.69, 9.17) is 14.5 Å². The number of aryl methyl sites for hydroxylation is 2. The van der Waals surface area contributed by atoms with Gasteiger partial charge in [0.25, 0.3) is 0 Å². The van der Waals surface area contributed by atoms with Gasteiger partial charge in [0.05, 0.1) is 12.3 Å². The van der Waals surface area contributed by atoms with Crippen LogP contribution in [0.4, 0.5) is 10.5 Å². The van der Waals surface area contributed by atoms with Crippen molar-refractivity contribution in [3.8, 4) is 0 Å². The molecule has 144 valence electrons. The quantitative estimate of drug-likeness (QED) is 0.225. The van der Waals surface area contributed by atoms with Crippen LogP contribution in [0.1, 0.15) is 45.2 Å². The number of nitrogens with zero attached hydrogens (tertiary/aromatic N) is 2. The van der Waals surface area contributed by atoms with Crippen molar-refractivity contribution in [1.29, 1.82) is 0 Å². The van der Waals surface area contributed by atoms with Gasteiger partial charge in [0.2, 0.25) is 0 Å². The molecule has 0 aliphatic rings. The second-order valence-electron chi connectivity index (χ2n) is 6.02. The van der Waals surface area contributed by atoms with E-state index in [2.05, 4.69) is 29.6 Å². The van der Waals surface area contributed by atoms with Gasteiger partial charge in [-0.25, -0.2) is 9.79 Å². The third-order valence-electron chi connectivity index (χ3n) is 3.15. The average Bonchev–Trinajstić information content (AvgIpc) is 2.57. The number of carbonyl (C=O) groups excluding carboxylic acids is 1. The number of nitrogens with one attached hydrogen (secondary N) is 1. The molecule has 7 heteroatoms. The van der Waals surface area contributed by atoms with E-state index in [1.807, 2.05) is 26.8 Å². The Labute approximate surface area is 160 Å². The van der Waals surface area contributed by atoms with Crippen LogP contribution in [-0.2, 0) is 15.9 Å². The molecule has 0 saturated heterocycles. The fourth-order valence-electron chi connectivity index (χ4n) is 1.99. The molecule has 0 fully saturated rings. The van der Waals surface area contributed by atoms with E-state index in [1.165, 1.54) is 17.3 Å². The number of aliphatic imine (C=N–C) groups is 1. The van der Waals surface area contributed by atoms with Crippen molar-refractivity contribution in [3.63, 3.8) is 0 Å². The van der Waals surface area contributed by atoms with Crippen molar-refractivity contribution >= 4 is 35.0 Å². The summed E-state index contributed by atoms with van der Waals surface area (Å²) in [5, 5.41) is 4.77. The maximum atomic E-state index is 11.3. The van der Waals surface area contributed by atoms with Crippen LogP contribution >= 0.6 is 11.8 Å². The zero-order valence-electron chi connectivity index (χ0n) is 16.2. The average molecular weight is 380 g/mol. The topological polar surface area (TPSA) is 72.3 Å². The second kappa shape index (κ2) is 12.4. The zero-order chi connectivity index (χ0) is 19.4. The molecule has 0 radical (unpaired) electrons. The van der Waals surface area contributed by atoms with Gasteiger partial charge in [0.15, 0.2) is 5.17 Å². The molecule has 1 aromatic carbocycles. The van der Waals surface area contributed by atoms with Gasteiger partial charge in [-0.1, -0.05) is 39.3 Å². The predicted molar refractivity (Wildman–Crippen MR) is 109 cm³/mol. The van der Waals surface area contributed by atoms with Crippen LogP contribution in [-0.4, -0.2) is 30.1 Å². The Balaban J connectivity index is 2.93. The summed E-state index contributed by atoms with van der Waals surface area (Å²) in [7, 11) is 0. The van der Waals surface area contributed by atoms with E-state index in [-0.39, 0.29) is 12.5 Å². The molecule has 26 heavy (non-hydrogen) atoms. The number of hydrogen-bond acceptors (Lipinski definition) is 6. The van der Waals surface area contributed by atoms with Crippen molar-refractivity contribution in [3.05, 3.63) is 29.3 Å². The molecule has 0 bridgehead atoms. The molecule has 0 saturated carbocycles. The lowest BCUT2D eigenvalue weighted by molar-refractivity contribution is 0.0731. The number of ether oxygens (including phenoxy) is 2. The number of rotatable bonds is 8. The monoisotopic (exact) mass is 379 g/mol. The first kappa shape index (κ1) is 22.0. The van der Waals surface area contributed by atoms with E-state index in [0.29, 0.717) is 11.1 Å². The van der Waals surface area contributed by atoms with E-state index < -0.39 is 6.16 Å². The Morgan fingerprint density at radius 1 is 1.31 bits per heavy atom. The molecule has 0 aliphatic carbocycles. The number of carbonyl (C=O) groups is 1. The smallest absolute Gasteiger partial charge is 0.435 e. The molecule has 0 aliphatic heterocycles. The summed E-state index contributed by atoms with van der Waals surface area (Å²) in [5.74, 6) is 0.413. The Morgan fingerprint density at radius 3 is 2.73 bits per heavy atom. The molecule has 0 aromatic heterocycles. The van der Waals surface area contributed by atoms with Crippen LogP contribution in [0.15, 0.2) is 28.3 Å². The number of amidine groups is 1. The van der Waals surface area contributed by atoms with E-state index >= 15 is 0 Å². The molecule has 1 rings (SSSR count). The SMILES string of the molecule is CCCc1ccc(C)cc1N=C(N/N=C/C(C)C)SCOC(=O)OCC. The molecule has 0 spiro atoms. The van der Waals surface area contributed by atoms with Gasteiger partial charge in [-0.15, -0.1) is 0 Å². The number of hydrogen-bond donors (Lipinski definition) is 1. The van der Waals surface area contributed by atoms with Crippen LogP contribution < -0.4 is 5.43 Å². The standard InChI is InChI=1S/C19H29N3O3S/c1-6-8-16-10-9-15(5)11-17(16)21-18(22-20-12-14(3)4)26-13-25-19(23)24-7-2/h9-12,14H,6-8,13H2,1-5H3,(H,21,22)/b20-12+. The normalized spacial score (nSPS) is 11.8. The van der Waals surface area contributed by atoms with E-state index in [1.54, 1.807) is 13.1 Å². The highest BCUT2D eigenvalue weighted by atomic mass is 32.2. The summed E-state index contributed by atoms with van der Waals surface area (Å²) in [6.45, 7) is 10.3. The highest BCUT2D eigenvalue weighted by Gasteiger charge is 2.08. The molecule has 1 N–H and O–H groups in total. The maximum Gasteiger partial charge on any atom is 0.509 e. The highest BCUT2D eigenvalue weighted by molar-refractivity contribution is 8.13. The van der Waals surface area contributed by atoms with Crippen molar-refractivity contribution in [2.75, 3.05) is 12.5 Å². The van der Waals surface area contributed by atoms with Gasteiger partial charge in [-0.3, -0.25) is 5.43 Å². The lowest BCUT2D eigenvalue weighted by Gasteiger charge is -2.10. The van der Waals surface area contributed by atoms with Crippen molar-refractivity contribution in [1.82, 2.24) is 5.43 Å². The Hall–Kier alpha value is -2.02. The lowest BCUT2D eigenvalue weighted by Crippen LogP contribution is -2.17. The first-order valence-corrected chi connectivity index (χ1v) is 9.84. The molecule has 0 unspecified atom stereocenters. The second-order valence-corrected chi connectivity index (χ2v) is 6.93. The highest BCUT2D eigenvalue weighted by Crippen LogP contribution is 2.24. The van der Waals surface area contributed by atoms with Crippen LogP contribution in [0.25, 0.3) is 0 Å². The van der Waals surface area contributed by atoms with E-state index in [0.717, 1.165) is 24.1 Å². The molecule has 0 amide bonds. The van der Waals surface area contributed by atoms with Gasteiger partial charge >= 0.3 is 6.16 Å². The third kappa shape index (κ3) is 8.89. The summed E-state index contributed by atoms with van der Waals surface area (Å²) in [6, 6.07) is 6.24. The van der Waals surface area contributed by atoms with Crippen LogP contribution in [0.2, 0.25) is 0 Å². The van der Waals surface area contributed by atoms with Gasteiger partial charge in [-0.05, 0) is 55.1 Å². The Kier molecular flexibility index (Phi) is 10.5. The Morgan fingerprint density at radius 2 is 2.08 bits per heavy atom. The number of thioether (sulfide) groups is 1. The van der Waals surface area contributed by atoms with Crippen LogP contribution in [0.3, 0.4) is 0 Å². The minimum absolute atomic E-state index is 0.0940. The van der Waals surface area contributed by atoms with Gasteiger partial charge in [-0.2, -0.15) is 5.10 Å². The lowest BCUT2D eigenvalue weighted by atomic mass is 10.1. The van der Waals surface area contributed by atoms with Crippen LogP contribution in [0.5, 0.6) is 0 Å². The Bertz CT molecular complexity index is 630. The summed E-state index contributed by atoms with van der Waals surface area (Å²) in [4.78, 5) is 16.0. The first-order chi connectivity index (χ1) is 12.5. The molecular formula is C19H29N3O3S. The number of hydrazone groups is 1. The van der Waals surface area contributed by atoms with Gasteiger partial charge < -0.3 is 9.47 Å². The molecular weight excluding hydrogens is 350 g/mol. The largest absolute Gasteiger partial charge is 0.509 e. The molecule has 0 atom stereocenters. The first-order valence-electron chi connectivity index (χ1n) is 8.86. The minimum Gasteiger partial charge on any atom is -0.435 e. The zero-order valence-corrected chi connectivity index (χ0v) is 17.1. The third-order valence-corrected chi connectivity index (χ3v) is 3.84. The molecule has 6 nitrogen and oxygen atoms in total. The number of benzene rings is 1. The van der Waals surface area contributed by atoms with Gasteiger partial charge in [0, 0.05) is 6.21 Å². The van der Waals surface area contributed by atoms with Crippen molar-refractivity contribution < 1.29 is 14.3 Å². The summed E-state index contributed by atoms with van der Waals surface area (Å²) in [6.07, 6.45) is 3.10. The van der Waals surface area contributed by atoms with Gasteiger partial charge in [0.1, 0.15) is 5.94 Å². The summed E-state index contributed by atoms with van der Waals surface area (Å²) < 4.78 is 9.77. The summed E-state index contributed by atoms with van der Waals surface area (Å²) >= 11 is 1.26.